The van der Waals surface area contributed by atoms with Crippen LogP contribution in [0.25, 0.3) is 0 Å². The van der Waals surface area contributed by atoms with Crippen LogP contribution in [0.4, 0.5) is 76.2 Å². The molecule has 13 aromatic rings. The van der Waals surface area contributed by atoms with E-state index in [1.807, 2.05) is 84.9 Å². The molecule has 0 aliphatic carbocycles. The highest BCUT2D eigenvalue weighted by Gasteiger charge is 2.11. The van der Waals surface area contributed by atoms with E-state index in [0.717, 1.165) is 82.3 Å². The Morgan fingerprint density at radius 3 is 0.921 bits per heavy atom. The molecule has 6 heterocycles. The molecule has 0 amide bonds. The first-order valence-electron chi connectivity index (χ1n) is 35.1. The van der Waals surface area contributed by atoms with Crippen molar-refractivity contribution in [2.24, 2.45) is 11.5 Å². The summed E-state index contributed by atoms with van der Waals surface area (Å²) in [5.74, 6) is -2.36. The number of benzene rings is 7. The van der Waals surface area contributed by atoms with Crippen LogP contribution in [0.3, 0.4) is 0 Å². The SMILES string of the molecule is COc1ccc(CCc2ccc(CNc3ccc(OC)cc3)cc2)cc1.Cc1cc(CN)c(C)cc1CN.Fc1cc(F)nc(NCc2ccc(CNc3nc(F)cc(F)n3)cc2)n1.Fc1cnc(NCc2ccc(CNc3ncc(F)c(Cl)n3)cc2)nc1Cl.Fc1nccc(NCc2ccc(CNc3ccnc(F)n3)cc2)n1. The molecule has 0 spiro atoms. The van der Waals surface area contributed by atoms with Crippen LogP contribution in [-0.4, -0.2) is 74.0 Å². The number of aromatic nitrogens is 12. The fourth-order valence-corrected chi connectivity index (χ4v) is 10.6. The normalized spacial score (nSPS) is 10.5. The van der Waals surface area contributed by atoms with Crippen molar-refractivity contribution in [3.8, 4) is 11.5 Å². The molecule has 0 bridgehead atoms. The molecule has 0 unspecified atom stereocenters. The first kappa shape index (κ1) is 85.2. The number of nitrogens with two attached hydrogens (primary N) is 2. The molecule has 13 rings (SSSR count). The summed E-state index contributed by atoms with van der Waals surface area (Å²) in [4.78, 5) is 43.0. The zero-order valence-electron chi connectivity index (χ0n) is 62.0. The number of halogens is 10. The molecule has 7 aromatic carbocycles. The molecule has 0 saturated heterocycles. The van der Waals surface area contributed by atoms with Gasteiger partial charge in [0.1, 0.15) is 23.1 Å². The lowest BCUT2D eigenvalue weighted by atomic mass is 10.0. The Balaban J connectivity index is 0.000000166. The topological polar surface area (TPSA) is 309 Å². The Morgan fingerprint density at radius 2 is 0.614 bits per heavy atom. The van der Waals surface area contributed by atoms with Gasteiger partial charge in [0.15, 0.2) is 21.9 Å². The van der Waals surface area contributed by atoms with Crippen LogP contribution in [0.15, 0.2) is 207 Å². The molecule has 0 fully saturated rings. The van der Waals surface area contributed by atoms with Crippen molar-refractivity contribution < 1.29 is 44.6 Å². The van der Waals surface area contributed by atoms with E-state index in [9.17, 15) is 35.1 Å². The third-order valence-electron chi connectivity index (χ3n) is 16.5. The molecule has 6 aromatic heterocycles. The number of aryl methyl sites for hydroxylation is 4. The van der Waals surface area contributed by atoms with Crippen LogP contribution in [-0.2, 0) is 71.7 Å². The second-order valence-corrected chi connectivity index (χ2v) is 25.4. The Bertz CT molecular complexity index is 4800. The summed E-state index contributed by atoms with van der Waals surface area (Å²) in [6.45, 7) is 8.62. The lowest BCUT2D eigenvalue weighted by Gasteiger charge is -2.09. The Morgan fingerprint density at radius 1 is 0.325 bits per heavy atom. The van der Waals surface area contributed by atoms with Crippen molar-refractivity contribution in [1.29, 1.82) is 0 Å². The van der Waals surface area contributed by atoms with Gasteiger partial charge in [-0.1, -0.05) is 145 Å². The van der Waals surface area contributed by atoms with Gasteiger partial charge >= 0.3 is 12.2 Å². The average molecular weight is 1600 g/mol. The summed E-state index contributed by atoms with van der Waals surface area (Å²) >= 11 is 11.2. The Labute approximate surface area is 662 Å². The molecule has 11 N–H and O–H groups in total. The minimum atomic E-state index is -0.961. The minimum Gasteiger partial charge on any atom is -0.497 e. The van der Waals surface area contributed by atoms with Crippen LogP contribution in [0, 0.1) is 61.4 Å². The third kappa shape index (κ3) is 29.1. The van der Waals surface area contributed by atoms with Crippen molar-refractivity contribution >= 4 is 64.3 Å². The summed E-state index contributed by atoms with van der Waals surface area (Å²) in [7, 11) is 3.37. The number of ether oxygens (including phenoxy) is 2. The first-order valence-corrected chi connectivity index (χ1v) is 35.9. The molecular formula is C81H79Cl2F8N21O2. The minimum absolute atomic E-state index is 0.154. The maximum atomic E-state index is 13.0. The monoisotopic (exact) mass is 1600 g/mol. The predicted molar refractivity (Wildman–Crippen MR) is 424 cm³/mol. The van der Waals surface area contributed by atoms with Crippen molar-refractivity contribution in [1.82, 2.24) is 59.8 Å². The third-order valence-corrected chi connectivity index (χ3v) is 17.0. The van der Waals surface area contributed by atoms with Crippen LogP contribution in [0.1, 0.15) is 72.3 Å². The number of nitrogens with one attached hydrogen (secondary N) is 7. The first-order chi connectivity index (χ1) is 55.1. The van der Waals surface area contributed by atoms with Crippen molar-refractivity contribution in [2.45, 2.75) is 85.6 Å². The van der Waals surface area contributed by atoms with E-state index < -0.39 is 47.6 Å². The zero-order chi connectivity index (χ0) is 81.1. The standard InChI is InChI=1S/C23H25NO2.C16H12Cl2F2N6.C16H12F4N6.C16H14F2N6.C10H16N2/c1-25-22-13-9-19(10-14-22)4-3-18-5-7-20(8-6-18)17-24-21-11-15-23(26-2)16-12-21;17-13-11(19)7-23-15(25-13)21-5-9-1-2-10(4-3-9)6-22-16-24-8-12(20)14(18)26-16;17-11-5-12(18)24-15(23-11)21-7-9-1-2-10(4-3-9)8-22-16-25-13(19)6-14(20)26-16;17-15-19-7-5-13(23-15)21-9-11-1-2-12(4-3-11)10-22-14-6-8-20-16(18)24-14;1-7-3-10(6-12)8(2)4-9(7)5-11/h5-16,24H,3-4,17H2,1-2H3;1-4,7-8H,5-6H2,(H,21,23,25)(H,22,24,26);1-6H,7-8H2,(H,21,23,24)(H,22,25,26);1-8H,9-10H2,(H,19,21,23)(H,20,22,24);3-4H,5-6,11-12H2,1-2H3. The zero-order valence-corrected chi connectivity index (χ0v) is 63.5. The van der Waals surface area contributed by atoms with Crippen molar-refractivity contribution in [2.75, 3.05) is 51.4 Å². The van der Waals surface area contributed by atoms with Gasteiger partial charge in [-0.25, -0.2) is 28.7 Å². The second kappa shape index (κ2) is 44.3. The fourth-order valence-electron chi connectivity index (χ4n) is 10.3. The highest BCUT2D eigenvalue weighted by molar-refractivity contribution is 6.29. The van der Waals surface area contributed by atoms with E-state index >= 15 is 0 Å². The van der Waals surface area contributed by atoms with Crippen LogP contribution in [0.5, 0.6) is 11.5 Å². The van der Waals surface area contributed by atoms with Gasteiger partial charge in [0, 0.05) is 89.1 Å². The molecule has 23 nitrogen and oxygen atoms in total. The maximum absolute atomic E-state index is 13.0. The van der Waals surface area contributed by atoms with Gasteiger partial charge in [-0.3, -0.25) is 0 Å². The summed E-state index contributed by atoms with van der Waals surface area (Å²) in [5, 5.41) is 20.4. The van der Waals surface area contributed by atoms with Crippen LogP contribution in [0.2, 0.25) is 10.3 Å². The number of hydrogen-bond donors (Lipinski definition) is 9. The Kier molecular flexibility index (Phi) is 33.1. The fraction of sp³-hybridized carbons (Fsp3) is 0.185. The quantitative estimate of drug-likeness (QED) is 0.0125. The van der Waals surface area contributed by atoms with Gasteiger partial charge < -0.3 is 58.2 Å². The van der Waals surface area contributed by atoms with E-state index in [1.165, 1.54) is 51.3 Å². The molecule has 33 heteroatoms. The molecule has 0 atom stereocenters. The van der Waals surface area contributed by atoms with Gasteiger partial charge in [-0.15, -0.1) is 0 Å². The average Bonchev–Trinajstić information content (AvgIpc) is 0.853. The number of methoxy groups -OCH3 is 2. The van der Waals surface area contributed by atoms with Gasteiger partial charge in [0.2, 0.25) is 47.6 Å². The molecule has 0 aliphatic rings. The number of nitrogens with zero attached hydrogens (tertiary/aromatic N) is 12. The highest BCUT2D eigenvalue weighted by atomic mass is 35.5. The number of rotatable bonds is 28. The van der Waals surface area contributed by atoms with Gasteiger partial charge in [0.05, 0.1) is 26.6 Å². The van der Waals surface area contributed by atoms with Crippen LogP contribution >= 0.6 is 23.2 Å². The summed E-state index contributed by atoms with van der Waals surface area (Å²) in [6, 6.07) is 56.2. The Hall–Kier alpha value is -12.8. The van der Waals surface area contributed by atoms with Gasteiger partial charge in [-0.2, -0.15) is 66.2 Å². The molecule has 114 heavy (non-hydrogen) atoms. The van der Waals surface area contributed by atoms with E-state index in [-0.39, 0.29) is 47.2 Å². The lowest BCUT2D eigenvalue weighted by molar-refractivity contribution is 0.414. The largest absolute Gasteiger partial charge is 0.497 e. The molecular weight excluding hydrogens is 1520 g/mol. The summed E-state index contributed by atoms with van der Waals surface area (Å²) in [5.41, 5.74) is 26.7. The van der Waals surface area contributed by atoms with E-state index in [1.54, 1.807) is 50.6 Å². The summed E-state index contributed by atoms with van der Waals surface area (Å²) in [6.07, 6.45) is 5.29. The van der Waals surface area contributed by atoms with E-state index in [2.05, 4.69) is 159 Å². The van der Waals surface area contributed by atoms with E-state index in [0.29, 0.717) is 63.0 Å². The predicted octanol–water partition coefficient (Wildman–Crippen LogP) is 16.2. The van der Waals surface area contributed by atoms with Gasteiger partial charge in [0.25, 0.3) is 0 Å². The molecule has 0 radical (unpaired) electrons. The van der Waals surface area contributed by atoms with Gasteiger partial charge in [-0.05, 0) is 148 Å². The number of hydrogen-bond acceptors (Lipinski definition) is 23. The number of anilines is 7. The molecule has 590 valence electrons. The van der Waals surface area contributed by atoms with Crippen molar-refractivity contribution in [3.63, 3.8) is 0 Å². The molecule has 0 saturated carbocycles. The maximum Gasteiger partial charge on any atom is 0.310 e. The lowest BCUT2D eigenvalue weighted by Crippen LogP contribution is -2.07. The van der Waals surface area contributed by atoms with Crippen LogP contribution < -0.4 is 58.2 Å². The second-order valence-electron chi connectivity index (χ2n) is 24.7. The summed E-state index contributed by atoms with van der Waals surface area (Å²) < 4.78 is 114. The smallest absolute Gasteiger partial charge is 0.310 e. The highest BCUT2D eigenvalue weighted by Crippen LogP contribution is 2.22. The van der Waals surface area contributed by atoms with Crippen molar-refractivity contribution in [3.05, 3.63) is 337 Å². The molecule has 0 aliphatic heterocycles. The van der Waals surface area contributed by atoms with E-state index in [4.69, 9.17) is 44.1 Å².